The van der Waals surface area contributed by atoms with Crippen LogP contribution in [0.5, 0.6) is 0 Å². The van der Waals surface area contributed by atoms with Crippen LogP contribution in [0.25, 0.3) is 0 Å². The molecule has 0 aromatic heterocycles. The maximum absolute atomic E-state index is 9.62. The van der Waals surface area contributed by atoms with Crippen LogP contribution in [0.1, 0.15) is 16.7 Å². The number of fused-ring (bicyclic) bond motifs is 1. The topological polar surface area (TPSA) is 23.5 Å². The van der Waals surface area contributed by atoms with E-state index in [4.69, 9.17) is 0 Å². The minimum Gasteiger partial charge on any atom is -0.378 e. The van der Waals surface area contributed by atoms with Gasteiger partial charge in [0, 0.05) is 13.0 Å². The number of hydrogen-bond acceptors (Lipinski definition) is 2. The highest BCUT2D eigenvalue weighted by Crippen LogP contribution is 2.21. The van der Waals surface area contributed by atoms with E-state index >= 15 is 0 Å². The molecule has 0 aliphatic carbocycles. The van der Waals surface area contributed by atoms with E-state index < -0.39 is 0 Å². The Bertz CT molecular complexity index is 322. The number of nitrogens with zero attached hydrogens (tertiary/aromatic N) is 1. The monoisotopic (exact) mass is 177 g/mol. The Morgan fingerprint density at radius 2 is 2.15 bits per heavy atom. The first kappa shape index (κ1) is 8.73. The van der Waals surface area contributed by atoms with Gasteiger partial charge in [-0.1, -0.05) is 23.8 Å². The number of aryl methyl sites for hydroxylation is 1. The molecular weight excluding hydrogens is 162 g/mol. The van der Waals surface area contributed by atoms with Crippen molar-refractivity contribution in [2.24, 2.45) is 0 Å². The SMILES string of the molecule is Cc1ccc2c(c1)CN(C)C(O)C2. The summed E-state index contributed by atoms with van der Waals surface area (Å²) >= 11 is 0. The minimum atomic E-state index is -0.310. The highest BCUT2D eigenvalue weighted by molar-refractivity contribution is 5.33. The molecule has 2 nitrogen and oxygen atoms in total. The number of hydrogen-bond donors (Lipinski definition) is 1. The average Bonchev–Trinajstić information content (AvgIpc) is 2.08. The molecule has 2 rings (SSSR count). The summed E-state index contributed by atoms with van der Waals surface area (Å²) in [5.41, 5.74) is 3.94. The molecule has 70 valence electrons. The summed E-state index contributed by atoms with van der Waals surface area (Å²) in [7, 11) is 1.95. The van der Waals surface area contributed by atoms with Crippen molar-refractivity contribution in [2.45, 2.75) is 26.1 Å². The second-order valence-corrected chi connectivity index (χ2v) is 3.87. The predicted molar refractivity (Wildman–Crippen MR) is 52.4 cm³/mol. The Kier molecular flexibility index (Phi) is 2.10. The van der Waals surface area contributed by atoms with Crippen molar-refractivity contribution in [1.82, 2.24) is 4.90 Å². The van der Waals surface area contributed by atoms with Crippen LogP contribution in [0, 0.1) is 6.92 Å². The van der Waals surface area contributed by atoms with Crippen LogP contribution in [-0.2, 0) is 13.0 Å². The van der Waals surface area contributed by atoms with E-state index in [1.807, 2.05) is 11.9 Å². The molecule has 1 aliphatic heterocycles. The van der Waals surface area contributed by atoms with Gasteiger partial charge in [0.25, 0.3) is 0 Å². The lowest BCUT2D eigenvalue weighted by atomic mass is 9.97. The molecule has 0 radical (unpaired) electrons. The highest BCUT2D eigenvalue weighted by Gasteiger charge is 2.20. The van der Waals surface area contributed by atoms with Crippen molar-refractivity contribution in [2.75, 3.05) is 7.05 Å². The summed E-state index contributed by atoms with van der Waals surface area (Å²) in [6.45, 7) is 2.96. The molecule has 0 fully saturated rings. The molecule has 0 saturated carbocycles. The van der Waals surface area contributed by atoms with Gasteiger partial charge in [0.15, 0.2) is 0 Å². The van der Waals surface area contributed by atoms with Gasteiger partial charge in [0.2, 0.25) is 0 Å². The van der Waals surface area contributed by atoms with Crippen LogP contribution in [0.15, 0.2) is 18.2 Å². The zero-order valence-electron chi connectivity index (χ0n) is 8.12. The van der Waals surface area contributed by atoms with Crippen LogP contribution < -0.4 is 0 Å². The summed E-state index contributed by atoms with van der Waals surface area (Å²) < 4.78 is 0. The quantitative estimate of drug-likeness (QED) is 0.645. The highest BCUT2D eigenvalue weighted by atomic mass is 16.3. The van der Waals surface area contributed by atoms with E-state index in [-0.39, 0.29) is 6.23 Å². The van der Waals surface area contributed by atoms with Crippen molar-refractivity contribution in [3.63, 3.8) is 0 Å². The van der Waals surface area contributed by atoms with E-state index in [0.29, 0.717) is 0 Å². The van der Waals surface area contributed by atoms with Gasteiger partial charge in [-0.05, 0) is 25.1 Å². The van der Waals surface area contributed by atoms with Gasteiger partial charge < -0.3 is 5.11 Å². The molecule has 0 bridgehead atoms. The molecule has 0 saturated heterocycles. The normalized spacial score (nSPS) is 22.8. The van der Waals surface area contributed by atoms with Crippen LogP contribution in [0.4, 0.5) is 0 Å². The first-order valence-electron chi connectivity index (χ1n) is 4.63. The molecule has 1 aromatic rings. The molecule has 1 atom stereocenters. The maximum Gasteiger partial charge on any atom is 0.111 e. The number of aliphatic hydroxyl groups excluding tert-OH is 1. The lowest BCUT2D eigenvalue weighted by Gasteiger charge is -2.30. The van der Waals surface area contributed by atoms with Gasteiger partial charge in [0.05, 0.1) is 0 Å². The molecule has 0 amide bonds. The van der Waals surface area contributed by atoms with Crippen LogP contribution >= 0.6 is 0 Å². The summed E-state index contributed by atoms with van der Waals surface area (Å²) in [6.07, 6.45) is 0.446. The van der Waals surface area contributed by atoms with Crippen molar-refractivity contribution in [1.29, 1.82) is 0 Å². The Balaban J connectivity index is 2.37. The fourth-order valence-electron chi connectivity index (χ4n) is 1.83. The van der Waals surface area contributed by atoms with Crippen molar-refractivity contribution in [3.05, 3.63) is 34.9 Å². The van der Waals surface area contributed by atoms with Gasteiger partial charge in [0.1, 0.15) is 6.23 Å². The second-order valence-electron chi connectivity index (χ2n) is 3.87. The average molecular weight is 177 g/mol. The van der Waals surface area contributed by atoms with Crippen LogP contribution in [-0.4, -0.2) is 23.3 Å². The second kappa shape index (κ2) is 3.13. The third kappa shape index (κ3) is 1.60. The fraction of sp³-hybridized carbons (Fsp3) is 0.455. The first-order valence-corrected chi connectivity index (χ1v) is 4.63. The largest absolute Gasteiger partial charge is 0.378 e. The lowest BCUT2D eigenvalue weighted by molar-refractivity contribution is 0.00891. The predicted octanol–water partition coefficient (Wildman–Crippen LogP) is 1.30. The van der Waals surface area contributed by atoms with Gasteiger partial charge in [-0.2, -0.15) is 0 Å². The molecule has 0 spiro atoms. The van der Waals surface area contributed by atoms with E-state index in [1.165, 1.54) is 16.7 Å². The molecular formula is C11H15NO. The van der Waals surface area contributed by atoms with Crippen molar-refractivity contribution in [3.8, 4) is 0 Å². The smallest absolute Gasteiger partial charge is 0.111 e. The van der Waals surface area contributed by atoms with Crippen LogP contribution in [0.2, 0.25) is 0 Å². The van der Waals surface area contributed by atoms with Crippen molar-refractivity contribution >= 4 is 0 Å². The minimum absolute atomic E-state index is 0.310. The van der Waals surface area contributed by atoms with Gasteiger partial charge in [-0.25, -0.2) is 0 Å². The first-order chi connectivity index (χ1) is 6.16. The Hall–Kier alpha value is -0.860. The number of benzene rings is 1. The molecule has 13 heavy (non-hydrogen) atoms. The summed E-state index contributed by atoms with van der Waals surface area (Å²) in [5.74, 6) is 0. The van der Waals surface area contributed by atoms with Gasteiger partial charge in [-0.3, -0.25) is 4.90 Å². The van der Waals surface area contributed by atoms with E-state index in [2.05, 4.69) is 25.1 Å². The number of likely N-dealkylation sites (N-methyl/N-ethyl adjacent to an activating group) is 1. The fourth-order valence-corrected chi connectivity index (χ4v) is 1.83. The number of aliphatic hydroxyl groups is 1. The lowest BCUT2D eigenvalue weighted by Crippen LogP contribution is -2.37. The Morgan fingerprint density at radius 1 is 1.38 bits per heavy atom. The number of rotatable bonds is 0. The van der Waals surface area contributed by atoms with Crippen molar-refractivity contribution < 1.29 is 5.11 Å². The Morgan fingerprint density at radius 3 is 2.92 bits per heavy atom. The third-order valence-electron chi connectivity index (χ3n) is 2.69. The maximum atomic E-state index is 9.62. The molecule has 1 unspecified atom stereocenters. The van der Waals surface area contributed by atoms with E-state index in [9.17, 15) is 5.11 Å². The molecule has 1 aliphatic rings. The molecule has 2 heteroatoms. The summed E-state index contributed by atoms with van der Waals surface area (Å²) in [6, 6.07) is 6.44. The third-order valence-corrected chi connectivity index (χ3v) is 2.69. The Labute approximate surface area is 78.8 Å². The van der Waals surface area contributed by atoms with Crippen LogP contribution in [0.3, 0.4) is 0 Å². The van der Waals surface area contributed by atoms with Gasteiger partial charge in [-0.15, -0.1) is 0 Å². The van der Waals surface area contributed by atoms with E-state index in [0.717, 1.165) is 13.0 Å². The van der Waals surface area contributed by atoms with E-state index in [1.54, 1.807) is 0 Å². The standard InChI is InChI=1S/C11H15NO/c1-8-3-4-9-6-11(13)12(2)7-10(9)5-8/h3-5,11,13H,6-7H2,1-2H3. The zero-order valence-corrected chi connectivity index (χ0v) is 8.12. The summed E-state index contributed by atoms with van der Waals surface area (Å²) in [5, 5.41) is 9.62. The zero-order chi connectivity index (χ0) is 9.42. The molecule has 1 heterocycles. The van der Waals surface area contributed by atoms with Gasteiger partial charge >= 0.3 is 0 Å². The molecule has 1 aromatic carbocycles. The molecule has 1 N–H and O–H groups in total. The summed E-state index contributed by atoms with van der Waals surface area (Å²) in [4.78, 5) is 1.97.